The van der Waals surface area contributed by atoms with Gasteiger partial charge in [0, 0.05) is 6.08 Å². The van der Waals surface area contributed by atoms with Crippen molar-refractivity contribution in [1.82, 2.24) is 0 Å². The molecular weight excluding hydrogens is 297 g/mol. The van der Waals surface area contributed by atoms with Gasteiger partial charge in [-0.15, -0.1) is 0 Å². The first-order valence-corrected chi connectivity index (χ1v) is 6.80. The molecule has 0 bridgehead atoms. The first-order valence-electron chi connectivity index (χ1n) is 6.80. The number of nitrogens with zero attached hydrogens (tertiary/aromatic N) is 1. The molecule has 0 aliphatic heterocycles. The van der Waals surface area contributed by atoms with Crippen molar-refractivity contribution in [3.8, 4) is 11.8 Å². The predicted octanol–water partition coefficient (Wildman–Crippen LogP) is 3.46. The molecule has 2 aromatic carbocycles. The summed E-state index contributed by atoms with van der Waals surface area (Å²) in [7, 11) is 1.58. The Labute approximate surface area is 133 Å². The van der Waals surface area contributed by atoms with Gasteiger partial charge in [-0.3, -0.25) is 0 Å². The lowest BCUT2D eigenvalue weighted by Crippen LogP contribution is -2.01. The van der Waals surface area contributed by atoms with Gasteiger partial charge >= 0.3 is 5.97 Å². The van der Waals surface area contributed by atoms with Gasteiger partial charge in [0.05, 0.1) is 12.7 Å². The van der Waals surface area contributed by atoms with Crippen molar-refractivity contribution in [1.29, 1.82) is 5.26 Å². The molecule has 0 radical (unpaired) electrons. The maximum absolute atomic E-state index is 13.2. The molecule has 4 nitrogen and oxygen atoms in total. The molecule has 0 amide bonds. The third-order valence-electron chi connectivity index (χ3n) is 3.06. The second-order valence-electron chi connectivity index (χ2n) is 4.64. The lowest BCUT2D eigenvalue weighted by atomic mass is 10.1. The van der Waals surface area contributed by atoms with E-state index < -0.39 is 11.8 Å². The number of ether oxygens (including phenoxy) is 2. The number of methoxy groups -OCH3 is 1. The average Bonchev–Trinajstić information content (AvgIpc) is 2.59. The van der Waals surface area contributed by atoms with E-state index in [9.17, 15) is 9.18 Å². The molecule has 0 aliphatic carbocycles. The first-order chi connectivity index (χ1) is 11.1. The van der Waals surface area contributed by atoms with Crippen LogP contribution in [-0.2, 0) is 16.1 Å². The molecule has 0 N–H and O–H groups in total. The monoisotopic (exact) mass is 311 g/mol. The zero-order valence-corrected chi connectivity index (χ0v) is 12.5. The molecule has 0 heterocycles. The summed E-state index contributed by atoms with van der Waals surface area (Å²) >= 11 is 0. The lowest BCUT2D eigenvalue weighted by Gasteiger charge is -2.03. The molecule has 0 atom stereocenters. The smallest absolute Gasteiger partial charge is 0.331 e. The summed E-state index contributed by atoms with van der Waals surface area (Å²) in [5, 5.41) is 8.75. The molecule has 0 fully saturated rings. The van der Waals surface area contributed by atoms with Gasteiger partial charge in [0.2, 0.25) is 0 Å². The van der Waals surface area contributed by atoms with Crippen LogP contribution in [0.5, 0.6) is 5.75 Å². The Kier molecular flexibility index (Phi) is 5.48. The summed E-state index contributed by atoms with van der Waals surface area (Å²) in [5.41, 5.74) is 1.30. The third kappa shape index (κ3) is 4.68. The second-order valence-corrected chi connectivity index (χ2v) is 4.64. The Morgan fingerprint density at radius 1 is 1.26 bits per heavy atom. The molecule has 5 heteroatoms. The minimum absolute atomic E-state index is 0.0270. The largest absolute Gasteiger partial charge is 0.497 e. The van der Waals surface area contributed by atoms with E-state index >= 15 is 0 Å². The van der Waals surface area contributed by atoms with Crippen LogP contribution in [-0.4, -0.2) is 13.1 Å². The van der Waals surface area contributed by atoms with Crippen molar-refractivity contribution in [2.24, 2.45) is 0 Å². The number of nitriles is 1. The number of hydrogen-bond acceptors (Lipinski definition) is 4. The minimum Gasteiger partial charge on any atom is -0.497 e. The van der Waals surface area contributed by atoms with Crippen LogP contribution in [0, 0.1) is 17.1 Å². The molecule has 0 aliphatic rings. The number of benzene rings is 2. The normalized spacial score (nSPS) is 10.3. The number of halogens is 1. The summed E-state index contributed by atoms with van der Waals surface area (Å²) < 4.78 is 23.3. The molecule has 2 aromatic rings. The van der Waals surface area contributed by atoms with Crippen LogP contribution in [0.15, 0.2) is 48.5 Å². The molecular formula is C18H14FNO3. The van der Waals surface area contributed by atoms with Crippen LogP contribution in [0.2, 0.25) is 0 Å². The van der Waals surface area contributed by atoms with Crippen molar-refractivity contribution in [3.63, 3.8) is 0 Å². The summed E-state index contributed by atoms with van der Waals surface area (Å²) in [5.74, 6) is -0.389. The van der Waals surface area contributed by atoms with Gasteiger partial charge in [-0.2, -0.15) is 5.26 Å². The Morgan fingerprint density at radius 3 is 2.65 bits per heavy atom. The SMILES string of the molecule is COc1ccc(/C=C/C(=O)OCc2ccc(F)c(C#N)c2)cc1. The van der Waals surface area contributed by atoms with E-state index in [0.29, 0.717) is 5.56 Å². The average molecular weight is 311 g/mol. The summed E-state index contributed by atoms with van der Waals surface area (Å²) in [6.45, 7) is -0.0270. The molecule has 0 aromatic heterocycles. The Morgan fingerprint density at radius 2 is 2.00 bits per heavy atom. The van der Waals surface area contributed by atoms with Crippen molar-refractivity contribution in [3.05, 3.63) is 71.0 Å². The van der Waals surface area contributed by atoms with E-state index in [-0.39, 0.29) is 12.2 Å². The van der Waals surface area contributed by atoms with E-state index in [2.05, 4.69) is 0 Å². The van der Waals surface area contributed by atoms with E-state index in [1.165, 1.54) is 24.3 Å². The highest BCUT2D eigenvalue weighted by Gasteiger charge is 2.04. The minimum atomic E-state index is -0.595. The highest BCUT2D eigenvalue weighted by molar-refractivity contribution is 5.87. The zero-order chi connectivity index (χ0) is 16.7. The highest BCUT2D eigenvalue weighted by Crippen LogP contribution is 2.13. The van der Waals surface area contributed by atoms with E-state index in [1.54, 1.807) is 31.4 Å². The fourth-order valence-corrected chi connectivity index (χ4v) is 1.83. The summed E-state index contributed by atoms with van der Waals surface area (Å²) in [6.07, 6.45) is 2.92. The van der Waals surface area contributed by atoms with Gasteiger partial charge in [-0.05, 0) is 41.5 Å². The quantitative estimate of drug-likeness (QED) is 0.627. The highest BCUT2D eigenvalue weighted by atomic mass is 19.1. The Bertz CT molecular complexity index is 761. The molecule has 116 valence electrons. The number of rotatable bonds is 5. The summed E-state index contributed by atoms with van der Waals surface area (Å²) in [6, 6.07) is 12.9. The van der Waals surface area contributed by atoms with Crippen LogP contribution in [0.3, 0.4) is 0 Å². The fraction of sp³-hybridized carbons (Fsp3) is 0.111. The van der Waals surface area contributed by atoms with Gasteiger partial charge < -0.3 is 9.47 Å². The number of carbonyl (C=O) groups excluding carboxylic acids is 1. The fourth-order valence-electron chi connectivity index (χ4n) is 1.83. The van der Waals surface area contributed by atoms with Crippen LogP contribution in [0.1, 0.15) is 16.7 Å². The second kappa shape index (κ2) is 7.76. The van der Waals surface area contributed by atoms with Gasteiger partial charge in [0.1, 0.15) is 24.2 Å². The maximum atomic E-state index is 13.2. The van der Waals surface area contributed by atoms with E-state index in [1.807, 2.05) is 12.1 Å². The van der Waals surface area contributed by atoms with Gasteiger partial charge in [-0.25, -0.2) is 9.18 Å². The van der Waals surface area contributed by atoms with Crippen LogP contribution >= 0.6 is 0 Å². The number of esters is 1. The predicted molar refractivity (Wildman–Crippen MR) is 82.9 cm³/mol. The first kappa shape index (κ1) is 16.2. The van der Waals surface area contributed by atoms with Crippen molar-refractivity contribution < 1.29 is 18.7 Å². The van der Waals surface area contributed by atoms with Crippen molar-refractivity contribution in [2.75, 3.05) is 7.11 Å². The standard InChI is InChI=1S/C18H14FNO3/c1-22-16-6-2-13(3-7-16)5-9-18(21)23-12-14-4-8-17(19)15(10-14)11-20/h2-10H,12H2,1H3/b9-5+. The van der Waals surface area contributed by atoms with Crippen molar-refractivity contribution >= 4 is 12.0 Å². The third-order valence-corrected chi connectivity index (χ3v) is 3.06. The van der Waals surface area contributed by atoms with Crippen LogP contribution < -0.4 is 4.74 Å². The van der Waals surface area contributed by atoms with Crippen LogP contribution in [0.4, 0.5) is 4.39 Å². The van der Waals surface area contributed by atoms with E-state index in [0.717, 1.165) is 11.3 Å². The maximum Gasteiger partial charge on any atom is 0.331 e. The Hall–Kier alpha value is -3.13. The van der Waals surface area contributed by atoms with Crippen molar-refractivity contribution in [2.45, 2.75) is 6.61 Å². The molecule has 23 heavy (non-hydrogen) atoms. The summed E-state index contributed by atoms with van der Waals surface area (Å²) in [4.78, 5) is 11.7. The van der Waals surface area contributed by atoms with Crippen LogP contribution in [0.25, 0.3) is 6.08 Å². The van der Waals surface area contributed by atoms with Gasteiger partial charge in [0.25, 0.3) is 0 Å². The molecule has 2 rings (SSSR count). The number of carbonyl (C=O) groups is 1. The zero-order valence-electron chi connectivity index (χ0n) is 12.5. The van der Waals surface area contributed by atoms with Gasteiger partial charge in [-0.1, -0.05) is 18.2 Å². The molecule has 0 unspecified atom stereocenters. The van der Waals surface area contributed by atoms with Gasteiger partial charge in [0.15, 0.2) is 0 Å². The van der Waals surface area contributed by atoms with E-state index in [4.69, 9.17) is 14.7 Å². The molecule has 0 saturated heterocycles. The lowest BCUT2D eigenvalue weighted by molar-refractivity contribution is -0.138. The topological polar surface area (TPSA) is 59.3 Å². The molecule has 0 saturated carbocycles. The molecule has 0 spiro atoms. The Balaban J connectivity index is 1.92. The number of hydrogen-bond donors (Lipinski definition) is 0.